The Morgan fingerprint density at radius 3 is 2.77 bits per heavy atom. The Morgan fingerprint density at radius 2 is 2.14 bits per heavy atom. The first-order valence-electron chi connectivity index (χ1n) is 6.79. The molecule has 7 heteroatoms. The predicted octanol–water partition coefficient (Wildman–Crippen LogP) is 0.532. The van der Waals surface area contributed by atoms with Gasteiger partial charge in [0.1, 0.15) is 0 Å². The first-order chi connectivity index (χ1) is 10.6. The number of H-pyrrole nitrogens is 1. The molecule has 7 nitrogen and oxygen atoms in total. The number of rotatable bonds is 6. The zero-order valence-corrected chi connectivity index (χ0v) is 12.0. The lowest BCUT2D eigenvalue weighted by Gasteiger charge is -2.03. The van der Waals surface area contributed by atoms with Crippen molar-refractivity contribution in [3.05, 3.63) is 57.5 Å². The Labute approximate surface area is 126 Å². The molecule has 1 aromatic carbocycles. The molecule has 2 N–H and O–H groups in total. The lowest BCUT2D eigenvalue weighted by atomic mass is 10.1. The normalized spacial score (nSPS) is 10.8. The number of aryl methyl sites for hydroxylation is 1. The molecule has 114 valence electrons. The number of aromatic carboxylic acids is 1. The van der Waals surface area contributed by atoms with Gasteiger partial charge in [-0.15, -0.1) is 0 Å². The van der Waals surface area contributed by atoms with Gasteiger partial charge in [0.2, 0.25) is 5.95 Å². The van der Waals surface area contributed by atoms with Crippen molar-refractivity contribution in [2.24, 2.45) is 5.10 Å². The van der Waals surface area contributed by atoms with Crippen LogP contribution in [0, 0.1) is 0 Å². The second-order valence-corrected chi connectivity index (χ2v) is 4.61. The van der Waals surface area contributed by atoms with Crippen molar-refractivity contribution in [2.75, 3.05) is 5.43 Å². The van der Waals surface area contributed by atoms with Crippen molar-refractivity contribution in [2.45, 2.75) is 19.8 Å². The number of nitrogens with one attached hydrogen (secondary N) is 2. The van der Waals surface area contributed by atoms with Gasteiger partial charge in [-0.3, -0.25) is 9.78 Å². The number of anilines is 1. The predicted molar refractivity (Wildman–Crippen MR) is 80.8 cm³/mol. The molecule has 0 saturated heterocycles. The summed E-state index contributed by atoms with van der Waals surface area (Å²) in [7, 11) is 0. The third-order valence-electron chi connectivity index (χ3n) is 2.83. The molecule has 22 heavy (non-hydrogen) atoms. The van der Waals surface area contributed by atoms with E-state index < -0.39 is 5.97 Å². The summed E-state index contributed by atoms with van der Waals surface area (Å²) in [6.45, 7) is 2.00. The maximum atomic E-state index is 11.5. The zero-order valence-electron chi connectivity index (χ0n) is 12.0. The summed E-state index contributed by atoms with van der Waals surface area (Å²) in [5.41, 5.74) is 3.90. The Bertz CT molecular complexity index is 735. The Hall–Kier alpha value is -2.96. The third-order valence-corrected chi connectivity index (χ3v) is 2.83. The van der Waals surface area contributed by atoms with Crippen molar-refractivity contribution in [1.29, 1.82) is 0 Å². The summed E-state index contributed by atoms with van der Waals surface area (Å²) in [5.74, 6) is -0.963. The van der Waals surface area contributed by atoms with Crippen molar-refractivity contribution in [3.8, 4) is 0 Å². The largest absolute Gasteiger partial charge is 0.545 e. The number of aromatic nitrogens is 2. The van der Waals surface area contributed by atoms with Crippen molar-refractivity contribution >= 4 is 18.1 Å². The second kappa shape index (κ2) is 7.16. The van der Waals surface area contributed by atoms with Gasteiger partial charge in [-0.05, 0) is 17.5 Å². The summed E-state index contributed by atoms with van der Waals surface area (Å²) < 4.78 is 0. The highest BCUT2D eigenvalue weighted by atomic mass is 16.4. The summed E-state index contributed by atoms with van der Waals surface area (Å²) >= 11 is 0. The monoisotopic (exact) mass is 299 g/mol. The van der Waals surface area contributed by atoms with Crippen LogP contribution >= 0.6 is 0 Å². The molecular formula is C15H15N4O3-. The molecule has 2 rings (SSSR count). The molecule has 2 aromatic rings. The maximum absolute atomic E-state index is 11.5. The van der Waals surface area contributed by atoms with E-state index in [1.54, 1.807) is 12.1 Å². The molecule has 0 unspecified atom stereocenters. The zero-order chi connectivity index (χ0) is 15.9. The highest BCUT2D eigenvalue weighted by molar-refractivity contribution is 5.87. The summed E-state index contributed by atoms with van der Waals surface area (Å²) in [4.78, 5) is 28.9. The van der Waals surface area contributed by atoms with E-state index in [1.807, 2.05) is 6.92 Å². The molecule has 0 saturated carbocycles. The highest BCUT2D eigenvalue weighted by Crippen LogP contribution is 2.03. The van der Waals surface area contributed by atoms with E-state index in [9.17, 15) is 14.7 Å². The Balaban J connectivity index is 2.05. The molecule has 0 atom stereocenters. The molecule has 0 radical (unpaired) electrons. The number of hydrazone groups is 1. The van der Waals surface area contributed by atoms with Gasteiger partial charge in [0.25, 0.3) is 5.56 Å². The summed E-state index contributed by atoms with van der Waals surface area (Å²) in [6.07, 6.45) is 3.10. The SMILES string of the molecule is CCCc1cc(=O)[nH]c(N/N=C\c2ccc(C(=O)[O-])cc2)n1. The van der Waals surface area contributed by atoms with Crippen molar-refractivity contribution in [1.82, 2.24) is 9.97 Å². The Kier molecular flexibility index (Phi) is 5.02. The van der Waals surface area contributed by atoms with E-state index in [1.165, 1.54) is 24.4 Å². The average molecular weight is 299 g/mol. The van der Waals surface area contributed by atoms with Crippen molar-refractivity contribution < 1.29 is 9.90 Å². The van der Waals surface area contributed by atoms with E-state index in [2.05, 4.69) is 20.5 Å². The minimum Gasteiger partial charge on any atom is -0.545 e. The Morgan fingerprint density at radius 1 is 1.41 bits per heavy atom. The molecule has 1 heterocycles. The van der Waals surface area contributed by atoms with Gasteiger partial charge in [-0.2, -0.15) is 5.10 Å². The molecular weight excluding hydrogens is 284 g/mol. The van der Waals surface area contributed by atoms with E-state index in [4.69, 9.17) is 0 Å². The number of aromatic amines is 1. The van der Waals surface area contributed by atoms with E-state index in [0.717, 1.165) is 6.42 Å². The van der Waals surface area contributed by atoms with Crippen LogP contribution in [0.2, 0.25) is 0 Å². The molecule has 0 aliphatic heterocycles. The summed E-state index contributed by atoms with van der Waals surface area (Å²) in [5, 5.41) is 14.6. The highest BCUT2D eigenvalue weighted by Gasteiger charge is 1.99. The van der Waals surface area contributed by atoms with Crippen LogP contribution in [0.3, 0.4) is 0 Å². The van der Waals surface area contributed by atoms with E-state index >= 15 is 0 Å². The standard InChI is InChI=1S/C15H16N4O3/c1-2-3-12-8-13(20)18-15(17-12)19-16-9-10-4-6-11(7-5-10)14(21)22/h4-9H,2-3H2,1H3,(H,21,22)(H2,17,18,19,20)/p-1/b16-9-. The third kappa shape index (κ3) is 4.27. The molecule has 0 amide bonds. The number of carbonyl (C=O) groups is 1. The minimum atomic E-state index is -1.23. The number of benzene rings is 1. The molecule has 0 spiro atoms. The van der Waals surface area contributed by atoms with Gasteiger partial charge in [0, 0.05) is 11.8 Å². The van der Waals surface area contributed by atoms with Crippen LogP contribution in [0.5, 0.6) is 0 Å². The van der Waals surface area contributed by atoms with E-state index in [-0.39, 0.29) is 17.1 Å². The van der Waals surface area contributed by atoms with Crippen LogP contribution in [0.1, 0.15) is 35.0 Å². The molecule has 0 aliphatic carbocycles. The van der Waals surface area contributed by atoms with Gasteiger partial charge in [0.15, 0.2) is 0 Å². The maximum Gasteiger partial charge on any atom is 0.252 e. The molecule has 1 aromatic heterocycles. The summed E-state index contributed by atoms with van der Waals surface area (Å²) in [6, 6.07) is 7.51. The van der Waals surface area contributed by atoms with Crippen LogP contribution in [0.4, 0.5) is 5.95 Å². The lowest BCUT2D eigenvalue weighted by Crippen LogP contribution is -2.21. The van der Waals surface area contributed by atoms with Gasteiger partial charge < -0.3 is 9.90 Å². The second-order valence-electron chi connectivity index (χ2n) is 4.61. The minimum absolute atomic E-state index is 0.100. The fourth-order valence-electron chi connectivity index (χ4n) is 1.82. The molecule has 0 bridgehead atoms. The number of carboxylic acid groups (broad SMARTS) is 1. The van der Waals surface area contributed by atoms with Crippen LogP contribution in [0.25, 0.3) is 0 Å². The van der Waals surface area contributed by atoms with Crippen LogP contribution in [0.15, 0.2) is 40.2 Å². The molecule has 0 fully saturated rings. The fourth-order valence-corrected chi connectivity index (χ4v) is 1.82. The first kappa shape index (κ1) is 15.4. The van der Waals surface area contributed by atoms with Crippen LogP contribution in [-0.4, -0.2) is 22.2 Å². The van der Waals surface area contributed by atoms with Gasteiger partial charge in [-0.25, -0.2) is 10.4 Å². The number of hydrogen-bond donors (Lipinski definition) is 2. The topological polar surface area (TPSA) is 110 Å². The quantitative estimate of drug-likeness (QED) is 0.597. The smallest absolute Gasteiger partial charge is 0.252 e. The average Bonchev–Trinajstić information content (AvgIpc) is 2.47. The van der Waals surface area contributed by atoms with E-state index in [0.29, 0.717) is 17.7 Å². The van der Waals surface area contributed by atoms with Crippen LogP contribution in [-0.2, 0) is 6.42 Å². The van der Waals surface area contributed by atoms with Crippen LogP contribution < -0.4 is 16.1 Å². The molecule has 0 aliphatic rings. The van der Waals surface area contributed by atoms with Gasteiger partial charge >= 0.3 is 0 Å². The van der Waals surface area contributed by atoms with Crippen molar-refractivity contribution in [3.63, 3.8) is 0 Å². The number of hydrogen-bond acceptors (Lipinski definition) is 6. The number of carboxylic acids is 1. The lowest BCUT2D eigenvalue weighted by molar-refractivity contribution is -0.255. The number of nitrogens with zero attached hydrogens (tertiary/aromatic N) is 2. The first-order valence-corrected chi connectivity index (χ1v) is 6.79. The van der Waals surface area contributed by atoms with Gasteiger partial charge in [-0.1, -0.05) is 37.6 Å². The fraction of sp³-hybridized carbons (Fsp3) is 0.200. The van der Waals surface area contributed by atoms with Gasteiger partial charge in [0.05, 0.1) is 12.2 Å². The number of carbonyl (C=O) groups excluding carboxylic acids is 1.